The van der Waals surface area contributed by atoms with Gasteiger partial charge in [0.25, 0.3) is 10.1 Å². The van der Waals surface area contributed by atoms with Gasteiger partial charge in [0.1, 0.15) is 11.4 Å². The van der Waals surface area contributed by atoms with Crippen molar-refractivity contribution in [3.05, 3.63) is 71.8 Å². The van der Waals surface area contributed by atoms with E-state index in [4.69, 9.17) is 8.92 Å². The van der Waals surface area contributed by atoms with Gasteiger partial charge in [-0.05, 0) is 82.8 Å². The number of morpholine rings is 1. The van der Waals surface area contributed by atoms with Crippen LogP contribution in [0.15, 0.2) is 60.7 Å². The highest BCUT2D eigenvalue weighted by Crippen LogP contribution is 2.31. The van der Waals surface area contributed by atoms with Crippen LogP contribution in [0, 0.1) is 36.0 Å². The molecule has 1 aliphatic rings. The predicted octanol–water partition coefficient (Wildman–Crippen LogP) is 6.15. The van der Waals surface area contributed by atoms with Crippen molar-refractivity contribution in [2.24, 2.45) is 23.7 Å². The van der Waals surface area contributed by atoms with Crippen LogP contribution in [-0.4, -0.2) is 110 Å². The standard InChI is InChI=1S/C45H67N3O10S.C3H4.C2H6/c1-31(2)25-38(46-42(52)35(20-19-33-15-11-9-12-16-33)28-37(49)30-48-21-23-57-24-22-48)40(50)29-36(27-34-17-13-10-14-18-34)43(53)47-39(26-32(3)4)41(51)45(7,54)44(5,6)58-59(8,55)56;1-3-2;1-2/h9-18,31-32,35-36,38-39,54H,19-30H2,1-8H3,(H,46,52)(H,47,53);1H,2H3;1-2H3/t35-,36-,38+,39+,45+;;/m1../s1. The highest BCUT2D eigenvalue weighted by Gasteiger charge is 2.51. The van der Waals surface area contributed by atoms with E-state index >= 15 is 0 Å². The van der Waals surface area contributed by atoms with Crippen LogP contribution in [0.3, 0.4) is 0 Å². The van der Waals surface area contributed by atoms with Crippen LogP contribution >= 0.6 is 0 Å². The van der Waals surface area contributed by atoms with Crippen molar-refractivity contribution >= 4 is 39.3 Å². The number of ether oxygens (including phenoxy) is 1. The number of hydrogen-bond donors (Lipinski definition) is 3. The van der Waals surface area contributed by atoms with Gasteiger partial charge in [0.2, 0.25) is 11.8 Å². The number of Topliss-reactive ketones (excluding diaryl/α,β-unsaturated/α-hetero) is 3. The summed E-state index contributed by atoms with van der Waals surface area (Å²) in [5, 5.41) is 17.3. The monoisotopic (exact) mass is 912 g/mol. The first-order chi connectivity index (χ1) is 30.0. The summed E-state index contributed by atoms with van der Waals surface area (Å²) in [6.45, 7) is 19.5. The number of terminal acetylenes is 1. The third-order valence-electron chi connectivity index (χ3n) is 10.9. The zero-order chi connectivity index (χ0) is 48.7. The van der Waals surface area contributed by atoms with Gasteiger partial charge in [0, 0.05) is 37.8 Å². The van der Waals surface area contributed by atoms with E-state index in [2.05, 4.69) is 23.0 Å². The third-order valence-corrected chi connectivity index (χ3v) is 11.6. The van der Waals surface area contributed by atoms with Crippen LogP contribution < -0.4 is 10.6 Å². The number of carbonyl (C=O) groups excluding carboxylic acids is 5. The number of rotatable bonds is 25. The van der Waals surface area contributed by atoms with Gasteiger partial charge in [0.15, 0.2) is 17.2 Å². The summed E-state index contributed by atoms with van der Waals surface area (Å²) < 4.78 is 34.7. The third kappa shape index (κ3) is 21.2. The molecule has 5 atom stereocenters. The topological polar surface area (TPSA) is 185 Å². The van der Waals surface area contributed by atoms with Crippen LogP contribution in [0.25, 0.3) is 0 Å². The first kappa shape index (κ1) is 57.8. The molecule has 3 N–H and O–H groups in total. The Labute approximate surface area is 384 Å². The second-order valence-electron chi connectivity index (χ2n) is 17.8. The number of ketones is 3. The fraction of sp³-hybridized carbons (Fsp3) is 0.620. The molecule has 2 aromatic carbocycles. The average Bonchev–Trinajstić information content (AvgIpc) is 3.22. The molecule has 1 heterocycles. The number of aliphatic hydroxyl groups is 1. The van der Waals surface area contributed by atoms with E-state index in [0.29, 0.717) is 45.6 Å². The van der Waals surface area contributed by atoms with Gasteiger partial charge in [-0.15, -0.1) is 12.3 Å². The molecule has 2 amide bonds. The minimum absolute atomic E-state index is 0.0100. The van der Waals surface area contributed by atoms with Gasteiger partial charge in [-0.1, -0.05) is 102 Å². The Morgan fingerprint density at radius 1 is 0.812 bits per heavy atom. The number of hydrogen-bond acceptors (Lipinski definition) is 11. The summed E-state index contributed by atoms with van der Waals surface area (Å²) in [7, 11) is -4.08. The van der Waals surface area contributed by atoms with Crippen molar-refractivity contribution in [3.8, 4) is 12.3 Å². The van der Waals surface area contributed by atoms with Crippen LogP contribution in [-0.2, 0) is 55.9 Å². The largest absolute Gasteiger partial charge is 0.379 e. The molecule has 2 aromatic rings. The maximum atomic E-state index is 14.4. The zero-order valence-electron chi connectivity index (χ0n) is 40.3. The van der Waals surface area contributed by atoms with E-state index in [-0.39, 0.29) is 55.6 Å². The molecule has 14 heteroatoms. The molecule has 0 aromatic heterocycles. The Morgan fingerprint density at radius 3 is 1.78 bits per heavy atom. The molecule has 1 aliphatic heterocycles. The SMILES string of the molecule is C#CC.CC.CC(C)C[C@H](NC(=O)[C@H](CCc1ccccc1)CC(=O)CN1CCOCC1)C(=O)C[C@@H](Cc1ccccc1)C(=O)N[C@@H](CC(C)C)C(=O)[C@](C)(O)C(C)(C)OS(C)(=O)=O. The number of amides is 2. The molecule has 13 nitrogen and oxygen atoms in total. The number of carbonyl (C=O) groups is 5. The van der Waals surface area contributed by atoms with Crippen molar-refractivity contribution in [1.82, 2.24) is 15.5 Å². The van der Waals surface area contributed by atoms with Crippen LogP contribution in [0.2, 0.25) is 0 Å². The lowest BCUT2D eigenvalue weighted by Gasteiger charge is -2.39. The Bertz CT molecular complexity index is 1890. The van der Waals surface area contributed by atoms with Crippen LogP contribution in [0.4, 0.5) is 0 Å². The molecule has 3 rings (SSSR count). The van der Waals surface area contributed by atoms with Gasteiger partial charge in [0.05, 0.1) is 38.1 Å². The van der Waals surface area contributed by atoms with E-state index in [1.165, 1.54) is 13.8 Å². The Balaban J connectivity index is 0.00000392. The Morgan fingerprint density at radius 2 is 1.28 bits per heavy atom. The minimum Gasteiger partial charge on any atom is -0.379 e. The van der Waals surface area contributed by atoms with Crippen LogP contribution in [0.5, 0.6) is 0 Å². The van der Waals surface area contributed by atoms with E-state index in [0.717, 1.165) is 24.3 Å². The lowest BCUT2D eigenvalue weighted by atomic mass is 9.79. The number of benzene rings is 2. The number of aryl methyl sites for hydroxylation is 1. The fourth-order valence-corrected chi connectivity index (χ4v) is 8.24. The Hall–Kier alpha value is -4.26. The lowest BCUT2D eigenvalue weighted by molar-refractivity contribution is -0.159. The first-order valence-corrected chi connectivity index (χ1v) is 24.4. The van der Waals surface area contributed by atoms with Crippen molar-refractivity contribution in [2.75, 3.05) is 39.1 Å². The highest BCUT2D eigenvalue weighted by atomic mass is 32.2. The normalized spacial score (nSPS) is 16.0. The summed E-state index contributed by atoms with van der Waals surface area (Å²) in [6.07, 6.45) is 6.66. The zero-order valence-corrected chi connectivity index (χ0v) is 41.1. The quantitative estimate of drug-likeness (QED) is 0.0767. The van der Waals surface area contributed by atoms with Gasteiger partial charge >= 0.3 is 0 Å². The highest BCUT2D eigenvalue weighted by molar-refractivity contribution is 7.86. The molecule has 0 aliphatic carbocycles. The maximum absolute atomic E-state index is 14.4. The molecule has 1 fully saturated rings. The Kier molecular flexibility index (Phi) is 25.8. The second-order valence-corrected chi connectivity index (χ2v) is 19.4. The van der Waals surface area contributed by atoms with Gasteiger partial charge < -0.3 is 20.5 Å². The molecular weight excluding hydrogens is 835 g/mol. The molecule has 0 saturated carbocycles. The van der Waals surface area contributed by atoms with Gasteiger partial charge in [-0.3, -0.25) is 33.1 Å². The fourth-order valence-electron chi connectivity index (χ4n) is 7.32. The first-order valence-electron chi connectivity index (χ1n) is 22.6. The smallest absolute Gasteiger partial charge is 0.265 e. The lowest BCUT2D eigenvalue weighted by Crippen LogP contribution is -2.62. The van der Waals surface area contributed by atoms with E-state index in [9.17, 15) is 37.5 Å². The van der Waals surface area contributed by atoms with Crippen molar-refractivity contribution < 1.29 is 46.4 Å². The van der Waals surface area contributed by atoms with Crippen molar-refractivity contribution in [1.29, 1.82) is 0 Å². The summed E-state index contributed by atoms with van der Waals surface area (Å²) >= 11 is 0. The summed E-state index contributed by atoms with van der Waals surface area (Å²) in [5.41, 5.74) is -2.43. The maximum Gasteiger partial charge on any atom is 0.265 e. The average molecular weight is 912 g/mol. The second kappa shape index (κ2) is 28.6. The van der Waals surface area contributed by atoms with Crippen molar-refractivity contribution in [3.63, 3.8) is 0 Å². The number of nitrogens with one attached hydrogen (secondary N) is 2. The molecule has 0 spiro atoms. The molecule has 64 heavy (non-hydrogen) atoms. The molecule has 0 radical (unpaired) electrons. The molecule has 1 saturated heterocycles. The molecule has 0 unspecified atom stereocenters. The van der Waals surface area contributed by atoms with Gasteiger partial charge in [-0.2, -0.15) is 8.42 Å². The van der Waals surface area contributed by atoms with E-state index < -0.39 is 62.8 Å². The predicted molar refractivity (Wildman–Crippen MR) is 253 cm³/mol. The van der Waals surface area contributed by atoms with E-state index in [1.807, 2.05) is 107 Å². The summed E-state index contributed by atoms with van der Waals surface area (Å²) in [4.78, 5) is 72.2. The number of nitrogens with zero attached hydrogens (tertiary/aromatic N) is 1. The minimum atomic E-state index is -4.08. The molecular formula is C50H77N3O10S. The molecule has 0 bridgehead atoms. The summed E-state index contributed by atoms with van der Waals surface area (Å²) in [6, 6.07) is 16.6. The molecule has 358 valence electrons. The van der Waals surface area contributed by atoms with E-state index in [1.54, 1.807) is 6.92 Å². The van der Waals surface area contributed by atoms with Crippen molar-refractivity contribution in [2.45, 2.75) is 137 Å². The van der Waals surface area contributed by atoms with Gasteiger partial charge in [-0.25, -0.2) is 0 Å². The summed E-state index contributed by atoms with van der Waals surface area (Å²) in [5.74, 6) is -1.85. The van der Waals surface area contributed by atoms with Crippen LogP contribution in [0.1, 0.15) is 112 Å².